The molecule has 0 saturated carbocycles. The Morgan fingerprint density at radius 3 is 2.31 bits per heavy atom. The molecule has 2 amide bonds. The van der Waals surface area contributed by atoms with E-state index in [9.17, 15) is 18.0 Å². The molecule has 0 heterocycles. The molecule has 0 fully saturated rings. The highest BCUT2D eigenvalue weighted by Crippen LogP contribution is 2.17. The molecule has 0 spiro atoms. The van der Waals surface area contributed by atoms with Crippen LogP contribution in [-0.2, 0) is 26.2 Å². The number of rotatable bonds is 9. The Labute approximate surface area is 154 Å². The van der Waals surface area contributed by atoms with Crippen molar-refractivity contribution in [3.8, 4) is 5.75 Å². The first-order chi connectivity index (χ1) is 12.2. The van der Waals surface area contributed by atoms with E-state index in [2.05, 4.69) is 5.32 Å². The highest BCUT2D eigenvalue weighted by molar-refractivity contribution is 7.86. The Hall–Kier alpha value is -2.29. The molecule has 0 radical (unpaired) electrons. The number of hydrogen-bond donors (Lipinski definition) is 1. The summed E-state index contributed by atoms with van der Waals surface area (Å²) in [4.78, 5) is 25.4. The molecular weight excluding hydrogens is 360 g/mol. The maximum Gasteiger partial charge on any atom is 0.325 e. The molecule has 0 aliphatic carbocycles. The van der Waals surface area contributed by atoms with Crippen molar-refractivity contribution in [1.29, 1.82) is 0 Å². The van der Waals surface area contributed by atoms with Crippen LogP contribution in [0.25, 0.3) is 0 Å². The molecule has 9 heteroatoms. The average molecular weight is 386 g/mol. The maximum atomic E-state index is 12.4. The van der Waals surface area contributed by atoms with Gasteiger partial charge in [0, 0.05) is 12.6 Å². The van der Waals surface area contributed by atoms with E-state index in [1.54, 1.807) is 24.0 Å². The first-order valence-electron chi connectivity index (χ1n) is 8.34. The van der Waals surface area contributed by atoms with Crippen molar-refractivity contribution in [3.63, 3.8) is 0 Å². The Kier molecular flexibility index (Phi) is 8.37. The molecule has 0 saturated heterocycles. The van der Waals surface area contributed by atoms with Crippen molar-refractivity contribution in [3.05, 3.63) is 29.8 Å². The summed E-state index contributed by atoms with van der Waals surface area (Å²) < 4.78 is 31.9. The topological polar surface area (TPSA) is 102 Å². The standard InChI is InChI=1S/C17H26N2O6S/c1-5-13(3)19(17(21)18-11-16(20)24-6-2)12-14-7-9-15(10-8-14)25-26(4,22)23/h7-10,13H,5-6,11-12H2,1-4H3,(H,18,21)/t13-/m0/s1. The van der Waals surface area contributed by atoms with E-state index in [1.165, 1.54) is 12.1 Å². The molecule has 0 aliphatic heterocycles. The first kappa shape index (κ1) is 21.8. The van der Waals surface area contributed by atoms with E-state index < -0.39 is 16.1 Å². The van der Waals surface area contributed by atoms with Crippen LogP contribution in [-0.4, -0.2) is 50.8 Å². The molecule has 146 valence electrons. The van der Waals surface area contributed by atoms with Crippen molar-refractivity contribution >= 4 is 22.1 Å². The molecule has 1 aromatic rings. The van der Waals surface area contributed by atoms with E-state index in [1.807, 2.05) is 13.8 Å². The molecule has 0 unspecified atom stereocenters. The minimum Gasteiger partial charge on any atom is -0.465 e. The van der Waals surface area contributed by atoms with Gasteiger partial charge in [-0.2, -0.15) is 8.42 Å². The fourth-order valence-electron chi connectivity index (χ4n) is 2.13. The fraction of sp³-hybridized carbons (Fsp3) is 0.529. The van der Waals surface area contributed by atoms with Crippen LogP contribution in [0.15, 0.2) is 24.3 Å². The van der Waals surface area contributed by atoms with Gasteiger partial charge in [-0.05, 0) is 38.0 Å². The number of esters is 1. The summed E-state index contributed by atoms with van der Waals surface area (Å²) >= 11 is 0. The van der Waals surface area contributed by atoms with Gasteiger partial charge in [0.25, 0.3) is 0 Å². The summed E-state index contributed by atoms with van der Waals surface area (Å²) in [7, 11) is -3.58. The van der Waals surface area contributed by atoms with Gasteiger partial charge in [-0.25, -0.2) is 4.79 Å². The number of hydrogen-bond acceptors (Lipinski definition) is 6. The van der Waals surface area contributed by atoms with Crippen LogP contribution in [0.2, 0.25) is 0 Å². The lowest BCUT2D eigenvalue weighted by Gasteiger charge is -2.28. The highest BCUT2D eigenvalue weighted by Gasteiger charge is 2.20. The second kappa shape index (κ2) is 10.0. The van der Waals surface area contributed by atoms with Crippen molar-refractivity contribution in [2.75, 3.05) is 19.4 Å². The summed E-state index contributed by atoms with van der Waals surface area (Å²) in [5, 5.41) is 2.55. The van der Waals surface area contributed by atoms with Gasteiger partial charge in [0.2, 0.25) is 0 Å². The zero-order valence-corrected chi connectivity index (χ0v) is 16.3. The maximum absolute atomic E-state index is 12.4. The van der Waals surface area contributed by atoms with E-state index >= 15 is 0 Å². The summed E-state index contributed by atoms with van der Waals surface area (Å²) in [6.07, 6.45) is 1.71. The molecule has 1 N–H and O–H groups in total. The van der Waals surface area contributed by atoms with E-state index in [0.717, 1.165) is 18.2 Å². The van der Waals surface area contributed by atoms with Gasteiger partial charge in [0.05, 0.1) is 12.9 Å². The predicted octanol–water partition coefficient (Wildman–Crippen LogP) is 1.90. The smallest absolute Gasteiger partial charge is 0.325 e. The second-order valence-electron chi connectivity index (χ2n) is 5.78. The molecule has 0 bridgehead atoms. The molecular formula is C17H26N2O6S. The van der Waals surface area contributed by atoms with Crippen LogP contribution < -0.4 is 9.50 Å². The van der Waals surface area contributed by atoms with Crippen LogP contribution in [0.5, 0.6) is 5.75 Å². The minimum absolute atomic E-state index is 0.0517. The number of carbonyl (C=O) groups excluding carboxylic acids is 2. The number of nitrogens with one attached hydrogen (secondary N) is 1. The lowest BCUT2D eigenvalue weighted by molar-refractivity contribution is -0.141. The summed E-state index contributed by atoms with van der Waals surface area (Å²) in [5.41, 5.74) is 0.803. The molecule has 1 rings (SSSR count). The largest absolute Gasteiger partial charge is 0.465 e. The van der Waals surface area contributed by atoms with Gasteiger partial charge < -0.3 is 19.1 Å². The SMILES string of the molecule is CCOC(=O)CNC(=O)N(Cc1ccc(OS(C)(=O)=O)cc1)[C@@H](C)CC. The second-order valence-corrected chi connectivity index (χ2v) is 7.36. The summed E-state index contributed by atoms with van der Waals surface area (Å²) in [6.45, 7) is 5.93. The van der Waals surface area contributed by atoms with Crippen LogP contribution in [0.4, 0.5) is 4.79 Å². The molecule has 8 nitrogen and oxygen atoms in total. The lowest BCUT2D eigenvalue weighted by atomic mass is 10.1. The van der Waals surface area contributed by atoms with Gasteiger partial charge in [0.1, 0.15) is 12.3 Å². The number of nitrogens with zero attached hydrogens (tertiary/aromatic N) is 1. The zero-order valence-electron chi connectivity index (χ0n) is 15.5. The monoisotopic (exact) mass is 386 g/mol. The number of carbonyl (C=O) groups is 2. The number of ether oxygens (including phenoxy) is 1. The fourth-order valence-corrected chi connectivity index (χ4v) is 2.59. The molecule has 26 heavy (non-hydrogen) atoms. The predicted molar refractivity (Wildman–Crippen MR) is 97.2 cm³/mol. The van der Waals surface area contributed by atoms with Gasteiger partial charge >= 0.3 is 22.1 Å². The number of amides is 2. The minimum atomic E-state index is -3.58. The quantitative estimate of drug-likeness (QED) is 0.514. The molecule has 0 aromatic heterocycles. The first-order valence-corrected chi connectivity index (χ1v) is 10.2. The average Bonchev–Trinajstić information content (AvgIpc) is 2.57. The Balaban J connectivity index is 2.78. The van der Waals surface area contributed by atoms with Gasteiger partial charge in [-0.3, -0.25) is 4.79 Å². The summed E-state index contributed by atoms with van der Waals surface area (Å²) in [5.74, 6) is -0.287. The van der Waals surface area contributed by atoms with E-state index in [0.29, 0.717) is 6.54 Å². The number of benzene rings is 1. The Bertz CT molecular complexity index is 702. The van der Waals surface area contributed by atoms with Gasteiger partial charge in [-0.15, -0.1) is 0 Å². The number of urea groups is 1. The van der Waals surface area contributed by atoms with Crippen LogP contribution in [0.1, 0.15) is 32.8 Å². The van der Waals surface area contributed by atoms with Gasteiger partial charge in [0.15, 0.2) is 0 Å². The third-order valence-electron chi connectivity index (χ3n) is 3.60. The zero-order chi connectivity index (χ0) is 19.7. The molecule has 0 aliphatic rings. The van der Waals surface area contributed by atoms with E-state index in [-0.39, 0.29) is 31.0 Å². The van der Waals surface area contributed by atoms with Crippen LogP contribution >= 0.6 is 0 Å². The third-order valence-corrected chi connectivity index (χ3v) is 4.09. The Morgan fingerprint density at radius 2 is 1.81 bits per heavy atom. The highest BCUT2D eigenvalue weighted by atomic mass is 32.2. The van der Waals surface area contributed by atoms with Crippen molar-refractivity contribution in [2.45, 2.75) is 39.8 Å². The van der Waals surface area contributed by atoms with Crippen LogP contribution in [0.3, 0.4) is 0 Å². The Morgan fingerprint density at radius 1 is 1.19 bits per heavy atom. The van der Waals surface area contributed by atoms with Crippen molar-refractivity contribution in [2.24, 2.45) is 0 Å². The molecule has 1 aromatic carbocycles. The van der Waals surface area contributed by atoms with E-state index in [4.69, 9.17) is 8.92 Å². The lowest BCUT2D eigenvalue weighted by Crippen LogP contribution is -2.46. The van der Waals surface area contributed by atoms with Crippen molar-refractivity contribution in [1.82, 2.24) is 10.2 Å². The van der Waals surface area contributed by atoms with Crippen molar-refractivity contribution < 1.29 is 26.9 Å². The third kappa shape index (κ3) is 7.73. The van der Waals surface area contributed by atoms with Gasteiger partial charge in [-0.1, -0.05) is 19.1 Å². The normalized spacial score (nSPS) is 12.2. The molecule has 1 atom stereocenters. The van der Waals surface area contributed by atoms with Crippen LogP contribution in [0, 0.1) is 0 Å². The summed E-state index contributed by atoms with van der Waals surface area (Å²) in [6, 6.07) is 6.01.